The summed E-state index contributed by atoms with van der Waals surface area (Å²) in [6.45, 7) is 1.93. The van der Waals surface area contributed by atoms with E-state index in [-0.39, 0.29) is 17.2 Å². The van der Waals surface area contributed by atoms with Crippen LogP contribution >= 0.6 is 0 Å². The van der Waals surface area contributed by atoms with Crippen molar-refractivity contribution in [3.8, 4) is 5.75 Å². The molecule has 33 heavy (non-hydrogen) atoms. The molecule has 176 valence electrons. The second kappa shape index (κ2) is 10.9. The van der Waals surface area contributed by atoms with E-state index in [4.69, 9.17) is 4.74 Å². The molecule has 0 spiro atoms. The van der Waals surface area contributed by atoms with Crippen LogP contribution in [0, 0.1) is 5.82 Å². The number of hydrazine groups is 1. The first-order chi connectivity index (χ1) is 15.8. The number of nitrogens with zero attached hydrogens (tertiary/aromatic N) is 1. The number of aliphatic imine (C=N–C) groups is 1. The Bertz CT molecular complexity index is 1140. The first-order valence-electron chi connectivity index (χ1n) is 10.4. The SMILES string of the molecule is CC(Oc1ccc(F)cc1)C(=O)NNC(=O)CCCCCN=C1NS(=O)(=O)c2ccccc21. The van der Waals surface area contributed by atoms with Gasteiger partial charge in [0.1, 0.15) is 17.4 Å². The lowest BCUT2D eigenvalue weighted by atomic mass is 10.2. The molecule has 2 amide bonds. The van der Waals surface area contributed by atoms with E-state index in [0.717, 1.165) is 0 Å². The normalized spacial score (nSPS) is 15.9. The van der Waals surface area contributed by atoms with Gasteiger partial charge in [0.15, 0.2) is 6.10 Å². The number of amidine groups is 1. The van der Waals surface area contributed by atoms with Crippen LogP contribution in [-0.4, -0.2) is 38.7 Å². The Morgan fingerprint density at radius 2 is 1.79 bits per heavy atom. The Hall–Kier alpha value is -3.47. The maximum absolute atomic E-state index is 12.9. The molecular formula is C22H25FN4O5S. The maximum Gasteiger partial charge on any atom is 0.279 e. The third-order valence-corrected chi connectivity index (χ3v) is 6.21. The predicted octanol–water partition coefficient (Wildman–Crippen LogP) is 2.04. The van der Waals surface area contributed by atoms with Crippen LogP contribution in [0.3, 0.4) is 0 Å². The number of hydrogen-bond acceptors (Lipinski definition) is 6. The van der Waals surface area contributed by atoms with Crippen LogP contribution in [-0.2, 0) is 19.6 Å². The zero-order valence-electron chi connectivity index (χ0n) is 18.0. The summed E-state index contributed by atoms with van der Waals surface area (Å²) in [6.07, 6.45) is 1.29. The number of hydrogen-bond donors (Lipinski definition) is 3. The number of carbonyl (C=O) groups excluding carboxylic acids is 2. The second-order valence-electron chi connectivity index (χ2n) is 7.39. The molecular weight excluding hydrogens is 451 g/mol. The highest BCUT2D eigenvalue weighted by molar-refractivity contribution is 7.90. The molecule has 3 rings (SSSR count). The van der Waals surface area contributed by atoms with Gasteiger partial charge in [-0.2, -0.15) is 0 Å². The Balaban J connectivity index is 1.31. The van der Waals surface area contributed by atoms with E-state index in [0.29, 0.717) is 43.0 Å². The average molecular weight is 477 g/mol. The third-order valence-electron chi connectivity index (χ3n) is 4.82. The van der Waals surface area contributed by atoms with Gasteiger partial charge in [-0.1, -0.05) is 18.6 Å². The van der Waals surface area contributed by atoms with Crippen molar-refractivity contribution in [3.05, 3.63) is 59.9 Å². The average Bonchev–Trinajstić information content (AvgIpc) is 3.06. The Morgan fingerprint density at radius 1 is 1.06 bits per heavy atom. The molecule has 0 bridgehead atoms. The predicted molar refractivity (Wildman–Crippen MR) is 119 cm³/mol. The fourth-order valence-corrected chi connectivity index (χ4v) is 4.33. The summed E-state index contributed by atoms with van der Waals surface area (Å²) in [7, 11) is -3.54. The molecule has 0 saturated heterocycles. The Morgan fingerprint density at radius 3 is 2.55 bits per heavy atom. The molecule has 1 aliphatic heterocycles. The monoisotopic (exact) mass is 476 g/mol. The van der Waals surface area contributed by atoms with E-state index >= 15 is 0 Å². The zero-order chi connectivity index (χ0) is 23.8. The lowest BCUT2D eigenvalue weighted by Crippen LogP contribution is -2.47. The van der Waals surface area contributed by atoms with Gasteiger partial charge in [0, 0.05) is 18.5 Å². The molecule has 2 aromatic carbocycles. The molecule has 0 aliphatic carbocycles. The third kappa shape index (κ3) is 6.75. The smallest absolute Gasteiger partial charge is 0.279 e. The van der Waals surface area contributed by atoms with Crippen LogP contribution in [0.4, 0.5) is 4.39 Å². The largest absolute Gasteiger partial charge is 0.481 e. The summed E-state index contributed by atoms with van der Waals surface area (Å²) >= 11 is 0. The van der Waals surface area contributed by atoms with Gasteiger partial charge in [-0.05, 0) is 56.2 Å². The quantitative estimate of drug-likeness (QED) is 0.377. The summed E-state index contributed by atoms with van der Waals surface area (Å²) in [5.74, 6) is -0.623. The van der Waals surface area contributed by atoms with Gasteiger partial charge in [0.2, 0.25) is 5.91 Å². The molecule has 9 nitrogen and oxygen atoms in total. The molecule has 0 aromatic heterocycles. The van der Waals surface area contributed by atoms with Gasteiger partial charge in [-0.15, -0.1) is 0 Å². The highest BCUT2D eigenvalue weighted by atomic mass is 32.2. The van der Waals surface area contributed by atoms with E-state index in [9.17, 15) is 22.4 Å². The van der Waals surface area contributed by atoms with Gasteiger partial charge in [-0.25, -0.2) is 12.8 Å². The molecule has 0 radical (unpaired) electrons. The minimum absolute atomic E-state index is 0.208. The number of unbranched alkanes of at least 4 members (excludes halogenated alkanes) is 2. The number of nitrogens with one attached hydrogen (secondary N) is 3. The molecule has 1 heterocycles. The number of benzene rings is 2. The van der Waals surface area contributed by atoms with Crippen molar-refractivity contribution in [1.29, 1.82) is 0 Å². The van der Waals surface area contributed by atoms with Gasteiger partial charge < -0.3 is 4.74 Å². The fraction of sp³-hybridized carbons (Fsp3) is 0.318. The van der Waals surface area contributed by atoms with Crippen molar-refractivity contribution in [3.63, 3.8) is 0 Å². The molecule has 0 fully saturated rings. The fourth-order valence-electron chi connectivity index (χ4n) is 3.08. The number of halogens is 1. The number of amides is 2. The van der Waals surface area contributed by atoms with Crippen molar-refractivity contribution in [2.24, 2.45) is 4.99 Å². The number of ether oxygens (including phenoxy) is 1. The van der Waals surface area contributed by atoms with Crippen molar-refractivity contribution in [2.75, 3.05) is 6.54 Å². The molecule has 3 N–H and O–H groups in total. The maximum atomic E-state index is 12.9. The van der Waals surface area contributed by atoms with Crippen molar-refractivity contribution >= 4 is 27.7 Å². The van der Waals surface area contributed by atoms with E-state index in [2.05, 4.69) is 20.6 Å². The molecule has 0 saturated carbocycles. The van der Waals surface area contributed by atoms with Crippen molar-refractivity contribution in [1.82, 2.24) is 15.6 Å². The Kier molecular flexibility index (Phi) is 7.99. The summed E-state index contributed by atoms with van der Waals surface area (Å²) in [6, 6.07) is 11.9. The Labute approximate surface area is 191 Å². The summed E-state index contributed by atoms with van der Waals surface area (Å²) in [5, 5.41) is 0. The number of fused-ring (bicyclic) bond motifs is 1. The first-order valence-corrected chi connectivity index (χ1v) is 11.9. The summed E-state index contributed by atoms with van der Waals surface area (Å²) in [4.78, 5) is 28.5. The van der Waals surface area contributed by atoms with Gasteiger partial charge in [-0.3, -0.25) is 30.2 Å². The van der Waals surface area contributed by atoms with Crippen LogP contribution in [0.2, 0.25) is 0 Å². The van der Waals surface area contributed by atoms with Crippen LogP contribution < -0.4 is 20.3 Å². The van der Waals surface area contributed by atoms with Crippen molar-refractivity contribution < 1.29 is 27.1 Å². The zero-order valence-corrected chi connectivity index (χ0v) is 18.8. The molecule has 1 aliphatic rings. The highest BCUT2D eigenvalue weighted by Gasteiger charge is 2.29. The highest BCUT2D eigenvalue weighted by Crippen LogP contribution is 2.22. The van der Waals surface area contributed by atoms with E-state index in [1.54, 1.807) is 18.2 Å². The van der Waals surface area contributed by atoms with Crippen LogP contribution in [0.15, 0.2) is 58.4 Å². The number of carbonyl (C=O) groups is 2. The van der Waals surface area contributed by atoms with Crippen molar-refractivity contribution in [2.45, 2.75) is 43.6 Å². The number of rotatable bonds is 9. The first kappa shape index (κ1) is 24.2. The van der Waals surface area contributed by atoms with E-state index in [1.165, 1.54) is 37.3 Å². The molecule has 11 heteroatoms. The molecule has 2 aromatic rings. The summed E-state index contributed by atoms with van der Waals surface area (Å²) < 4.78 is 44.8. The second-order valence-corrected chi connectivity index (χ2v) is 9.04. The van der Waals surface area contributed by atoms with Crippen LogP contribution in [0.1, 0.15) is 38.2 Å². The minimum Gasteiger partial charge on any atom is -0.481 e. The van der Waals surface area contributed by atoms with E-state index in [1.807, 2.05) is 0 Å². The van der Waals surface area contributed by atoms with E-state index < -0.39 is 27.9 Å². The van der Waals surface area contributed by atoms with Gasteiger partial charge in [0.25, 0.3) is 15.9 Å². The molecule has 1 atom stereocenters. The van der Waals surface area contributed by atoms with Crippen LogP contribution in [0.5, 0.6) is 5.75 Å². The lowest BCUT2D eigenvalue weighted by molar-refractivity contribution is -0.132. The molecule has 1 unspecified atom stereocenters. The van der Waals surface area contributed by atoms with Crippen LogP contribution in [0.25, 0.3) is 0 Å². The minimum atomic E-state index is -3.54. The van der Waals surface area contributed by atoms with Gasteiger partial charge >= 0.3 is 0 Å². The van der Waals surface area contributed by atoms with Gasteiger partial charge in [0.05, 0.1) is 4.90 Å². The summed E-state index contributed by atoms with van der Waals surface area (Å²) in [5.41, 5.74) is 5.19. The topological polar surface area (TPSA) is 126 Å². The standard InChI is InChI=1S/C22H25FN4O5S/c1-15(32-17-12-10-16(23)11-13-17)22(29)26-25-20(28)9-3-2-6-14-24-21-18-7-4-5-8-19(18)33(30,31)27-21/h4-5,7-8,10-13,15H,2-3,6,9,14H2,1H3,(H,24,27)(H,25,28)(H,26,29). The number of sulfonamides is 1. The lowest BCUT2D eigenvalue weighted by Gasteiger charge is -2.15.